The van der Waals surface area contributed by atoms with E-state index in [0.29, 0.717) is 12.8 Å². The van der Waals surface area contributed by atoms with Crippen LogP contribution in [0.3, 0.4) is 0 Å². The number of ether oxygens (including phenoxy) is 2. The number of hydrogen-bond acceptors (Lipinski definition) is 6. The van der Waals surface area contributed by atoms with E-state index in [1.165, 1.54) is 0 Å². The fraction of sp³-hybridized carbons (Fsp3) is 0.818. The molecule has 0 aliphatic carbocycles. The zero-order chi connectivity index (χ0) is 23.4. The standard InChI is InChI=1S/C16H30O4.C6H10O4/c1-5-7-9-11-13(3)19-15(17)16(18)20-14(4)12-10-8-6-2;7-5(8)3-1-2-4-6(9)10/h13-14H,5-12H2,1-4H3;1-4H2,(H,7,8)(H,9,10). The molecule has 176 valence electrons. The van der Waals surface area contributed by atoms with E-state index in [1.54, 1.807) is 0 Å². The monoisotopic (exact) mass is 432 g/mol. The maximum Gasteiger partial charge on any atom is 0.417 e. The summed E-state index contributed by atoms with van der Waals surface area (Å²) in [4.78, 5) is 42.9. The summed E-state index contributed by atoms with van der Waals surface area (Å²) >= 11 is 0. The summed E-state index contributed by atoms with van der Waals surface area (Å²) in [5, 5.41) is 16.3. The van der Waals surface area contributed by atoms with Crippen molar-refractivity contribution in [1.29, 1.82) is 0 Å². The van der Waals surface area contributed by atoms with Gasteiger partial charge in [-0.05, 0) is 52.4 Å². The van der Waals surface area contributed by atoms with Gasteiger partial charge in [0.1, 0.15) is 0 Å². The summed E-state index contributed by atoms with van der Waals surface area (Å²) in [5.74, 6) is -3.47. The Morgan fingerprint density at radius 3 is 1.23 bits per heavy atom. The first-order valence-corrected chi connectivity index (χ1v) is 11.0. The Labute approximate surface area is 180 Å². The molecule has 2 atom stereocenters. The van der Waals surface area contributed by atoms with Gasteiger partial charge >= 0.3 is 23.9 Å². The molecule has 0 saturated carbocycles. The van der Waals surface area contributed by atoms with Crippen LogP contribution in [0.15, 0.2) is 0 Å². The zero-order valence-corrected chi connectivity index (χ0v) is 19.0. The van der Waals surface area contributed by atoms with Crippen molar-refractivity contribution in [2.45, 2.75) is 117 Å². The first-order valence-electron chi connectivity index (χ1n) is 11.0. The largest absolute Gasteiger partial charge is 0.481 e. The quantitative estimate of drug-likeness (QED) is 0.216. The van der Waals surface area contributed by atoms with E-state index in [1.807, 2.05) is 13.8 Å². The maximum atomic E-state index is 11.6. The van der Waals surface area contributed by atoms with Gasteiger partial charge in [-0.2, -0.15) is 0 Å². The molecule has 0 radical (unpaired) electrons. The van der Waals surface area contributed by atoms with Crippen LogP contribution in [0.25, 0.3) is 0 Å². The second-order valence-electron chi connectivity index (χ2n) is 7.42. The van der Waals surface area contributed by atoms with Crippen molar-refractivity contribution in [2.75, 3.05) is 0 Å². The third-order valence-electron chi connectivity index (χ3n) is 4.24. The number of hydrogen-bond donors (Lipinski definition) is 2. The molecule has 30 heavy (non-hydrogen) atoms. The van der Waals surface area contributed by atoms with Gasteiger partial charge in [-0.25, -0.2) is 9.59 Å². The molecule has 0 heterocycles. The van der Waals surface area contributed by atoms with Crippen LogP contribution in [0.1, 0.15) is 105 Å². The molecule has 0 amide bonds. The second kappa shape index (κ2) is 20.2. The molecule has 0 spiro atoms. The van der Waals surface area contributed by atoms with Crippen LogP contribution in [-0.2, 0) is 28.7 Å². The van der Waals surface area contributed by atoms with E-state index in [2.05, 4.69) is 13.8 Å². The first kappa shape index (κ1) is 30.1. The Morgan fingerprint density at radius 2 is 0.967 bits per heavy atom. The molecule has 2 N–H and O–H groups in total. The highest BCUT2D eigenvalue weighted by Gasteiger charge is 2.22. The van der Waals surface area contributed by atoms with Crippen molar-refractivity contribution >= 4 is 23.9 Å². The lowest BCUT2D eigenvalue weighted by atomic mass is 10.1. The number of carboxylic acids is 2. The number of carbonyl (C=O) groups excluding carboxylic acids is 2. The molecule has 0 aromatic heterocycles. The van der Waals surface area contributed by atoms with E-state index in [0.717, 1.165) is 51.4 Å². The Bertz CT molecular complexity index is 446. The molecular weight excluding hydrogens is 392 g/mol. The van der Waals surface area contributed by atoms with Crippen LogP contribution in [0.5, 0.6) is 0 Å². The van der Waals surface area contributed by atoms with Crippen molar-refractivity contribution in [2.24, 2.45) is 0 Å². The molecular formula is C22H40O8. The third kappa shape index (κ3) is 22.2. The van der Waals surface area contributed by atoms with E-state index < -0.39 is 23.9 Å². The van der Waals surface area contributed by atoms with Gasteiger partial charge in [0.25, 0.3) is 0 Å². The van der Waals surface area contributed by atoms with Gasteiger partial charge in [0.2, 0.25) is 0 Å². The smallest absolute Gasteiger partial charge is 0.417 e. The predicted octanol–water partition coefficient (Wildman–Crippen LogP) is 4.73. The number of carbonyl (C=O) groups is 4. The molecule has 2 unspecified atom stereocenters. The topological polar surface area (TPSA) is 127 Å². The van der Waals surface area contributed by atoms with Gasteiger partial charge < -0.3 is 19.7 Å². The average Bonchev–Trinajstić information content (AvgIpc) is 2.65. The molecule has 0 bridgehead atoms. The highest BCUT2D eigenvalue weighted by Crippen LogP contribution is 2.09. The average molecular weight is 433 g/mol. The lowest BCUT2D eigenvalue weighted by molar-refractivity contribution is -0.173. The highest BCUT2D eigenvalue weighted by molar-refractivity contribution is 6.29. The van der Waals surface area contributed by atoms with Crippen LogP contribution >= 0.6 is 0 Å². The molecule has 0 aromatic carbocycles. The third-order valence-corrected chi connectivity index (χ3v) is 4.24. The van der Waals surface area contributed by atoms with E-state index in [4.69, 9.17) is 19.7 Å². The lowest BCUT2D eigenvalue weighted by Gasteiger charge is -2.15. The number of esters is 2. The summed E-state index contributed by atoms with van der Waals surface area (Å²) in [6.45, 7) is 7.86. The van der Waals surface area contributed by atoms with Crippen LogP contribution in [-0.4, -0.2) is 46.3 Å². The maximum absolute atomic E-state index is 11.6. The van der Waals surface area contributed by atoms with E-state index in [-0.39, 0.29) is 25.0 Å². The van der Waals surface area contributed by atoms with Gasteiger partial charge in [-0.15, -0.1) is 0 Å². The van der Waals surface area contributed by atoms with Crippen molar-refractivity contribution in [3.05, 3.63) is 0 Å². The van der Waals surface area contributed by atoms with Gasteiger partial charge in [-0.3, -0.25) is 9.59 Å². The summed E-state index contributed by atoms with van der Waals surface area (Å²) in [6, 6.07) is 0. The molecule has 0 aliphatic rings. The molecule has 0 rings (SSSR count). The fourth-order valence-electron chi connectivity index (χ4n) is 2.50. The van der Waals surface area contributed by atoms with Crippen molar-refractivity contribution < 1.29 is 38.9 Å². The SMILES string of the molecule is CCCCCC(C)OC(=O)C(=O)OC(C)CCCCC.O=C(O)CCCCC(=O)O. The molecule has 8 nitrogen and oxygen atoms in total. The minimum Gasteiger partial charge on any atom is -0.481 e. The zero-order valence-electron chi connectivity index (χ0n) is 19.0. The Balaban J connectivity index is 0. The molecule has 0 aromatic rings. The Morgan fingerprint density at radius 1 is 0.633 bits per heavy atom. The molecule has 0 aliphatic heterocycles. The van der Waals surface area contributed by atoms with Crippen molar-refractivity contribution in [3.63, 3.8) is 0 Å². The molecule has 0 saturated heterocycles. The number of rotatable bonds is 15. The van der Waals surface area contributed by atoms with E-state index in [9.17, 15) is 19.2 Å². The van der Waals surface area contributed by atoms with Gasteiger partial charge in [0.15, 0.2) is 0 Å². The minimum atomic E-state index is -0.870. The summed E-state index contributed by atoms with van der Waals surface area (Å²) < 4.78 is 10.1. The number of unbranched alkanes of at least 4 members (excludes halogenated alkanes) is 5. The van der Waals surface area contributed by atoms with Crippen LogP contribution < -0.4 is 0 Å². The Kier molecular flexibility index (Phi) is 20.2. The molecule has 0 fully saturated rings. The second-order valence-corrected chi connectivity index (χ2v) is 7.42. The van der Waals surface area contributed by atoms with Gasteiger partial charge in [0.05, 0.1) is 12.2 Å². The lowest BCUT2D eigenvalue weighted by Crippen LogP contribution is -2.27. The number of aliphatic carboxylic acids is 2. The fourth-order valence-corrected chi connectivity index (χ4v) is 2.50. The van der Waals surface area contributed by atoms with E-state index >= 15 is 0 Å². The van der Waals surface area contributed by atoms with Crippen LogP contribution in [0.4, 0.5) is 0 Å². The van der Waals surface area contributed by atoms with Crippen molar-refractivity contribution in [3.8, 4) is 0 Å². The summed E-state index contributed by atoms with van der Waals surface area (Å²) in [7, 11) is 0. The number of carboxylic acid groups (broad SMARTS) is 2. The minimum absolute atomic E-state index is 0.0628. The predicted molar refractivity (Wildman–Crippen MR) is 113 cm³/mol. The highest BCUT2D eigenvalue weighted by atomic mass is 16.6. The molecule has 8 heteroatoms. The van der Waals surface area contributed by atoms with Gasteiger partial charge in [0, 0.05) is 12.8 Å². The van der Waals surface area contributed by atoms with Gasteiger partial charge in [-0.1, -0.05) is 39.5 Å². The van der Waals surface area contributed by atoms with Crippen LogP contribution in [0, 0.1) is 0 Å². The summed E-state index contributed by atoms with van der Waals surface area (Å²) in [5.41, 5.74) is 0. The van der Waals surface area contributed by atoms with Crippen molar-refractivity contribution in [1.82, 2.24) is 0 Å². The Hall–Kier alpha value is -2.12. The normalized spacial score (nSPS) is 12.1. The van der Waals surface area contributed by atoms with Crippen LogP contribution in [0.2, 0.25) is 0 Å². The summed E-state index contributed by atoms with van der Waals surface area (Å²) in [6.07, 6.45) is 8.63. The first-order chi connectivity index (χ1) is 14.1.